The maximum atomic E-state index is 12.1. The predicted octanol–water partition coefficient (Wildman–Crippen LogP) is 2.81. The van der Waals surface area contributed by atoms with E-state index in [4.69, 9.17) is 9.15 Å². The molecule has 0 amide bonds. The number of methoxy groups -OCH3 is 1. The maximum Gasteiger partial charge on any atom is 0.277 e. The Morgan fingerprint density at radius 1 is 1.27 bits per heavy atom. The molecular formula is C16H13N5O3S2. The zero-order chi connectivity index (χ0) is 18.1. The molecule has 8 nitrogen and oxygen atoms in total. The van der Waals surface area contributed by atoms with Crippen LogP contribution in [-0.2, 0) is 5.75 Å². The molecule has 0 atom stereocenters. The van der Waals surface area contributed by atoms with Crippen molar-refractivity contribution in [2.75, 3.05) is 7.11 Å². The van der Waals surface area contributed by atoms with Crippen LogP contribution in [0.2, 0.25) is 0 Å². The summed E-state index contributed by atoms with van der Waals surface area (Å²) < 4.78 is 12.1. The van der Waals surface area contributed by atoms with Crippen LogP contribution in [0.5, 0.6) is 5.75 Å². The van der Waals surface area contributed by atoms with Crippen molar-refractivity contribution in [2.45, 2.75) is 17.9 Å². The van der Waals surface area contributed by atoms with Crippen molar-refractivity contribution in [3.05, 3.63) is 51.4 Å². The first-order valence-electron chi connectivity index (χ1n) is 7.59. The molecule has 1 aromatic carbocycles. The summed E-state index contributed by atoms with van der Waals surface area (Å²) in [5, 5.41) is 13.4. The molecule has 0 spiro atoms. The van der Waals surface area contributed by atoms with Crippen LogP contribution in [0.4, 0.5) is 0 Å². The van der Waals surface area contributed by atoms with Gasteiger partial charge in [-0.1, -0.05) is 23.1 Å². The van der Waals surface area contributed by atoms with Gasteiger partial charge in [0.15, 0.2) is 0 Å². The van der Waals surface area contributed by atoms with Crippen LogP contribution in [0.15, 0.2) is 44.8 Å². The molecule has 10 heteroatoms. The Labute approximate surface area is 155 Å². The van der Waals surface area contributed by atoms with Gasteiger partial charge in [-0.3, -0.25) is 4.79 Å². The van der Waals surface area contributed by atoms with Gasteiger partial charge in [0.1, 0.15) is 10.8 Å². The zero-order valence-corrected chi connectivity index (χ0v) is 15.5. The average Bonchev–Trinajstić information content (AvgIpc) is 3.26. The highest BCUT2D eigenvalue weighted by molar-refractivity contribution is 7.98. The van der Waals surface area contributed by atoms with Crippen LogP contribution < -0.4 is 10.3 Å². The van der Waals surface area contributed by atoms with Crippen molar-refractivity contribution in [2.24, 2.45) is 0 Å². The lowest BCUT2D eigenvalue weighted by Crippen LogP contribution is -2.15. The molecule has 26 heavy (non-hydrogen) atoms. The van der Waals surface area contributed by atoms with Crippen LogP contribution in [0.3, 0.4) is 0 Å². The second-order valence-electron chi connectivity index (χ2n) is 5.29. The second-order valence-corrected chi connectivity index (χ2v) is 7.38. The van der Waals surface area contributed by atoms with E-state index in [1.807, 2.05) is 31.2 Å². The molecule has 0 radical (unpaired) electrons. The minimum atomic E-state index is -0.195. The number of hydrogen-bond acceptors (Lipinski definition) is 9. The quantitative estimate of drug-likeness (QED) is 0.483. The number of rotatable bonds is 5. The van der Waals surface area contributed by atoms with Crippen molar-refractivity contribution in [3.63, 3.8) is 0 Å². The molecule has 0 N–H and O–H groups in total. The fourth-order valence-electron chi connectivity index (χ4n) is 2.28. The van der Waals surface area contributed by atoms with Gasteiger partial charge in [-0.2, -0.15) is 9.61 Å². The summed E-state index contributed by atoms with van der Waals surface area (Å²) in [7, 11) is 1.61. The SMILES string of the molecule is COc1ccc(-c2nnc(SCc3cc(=O)n4nc(C)sc4n3)o2)cc1. The van der Waals surface area contributed by atoms with Gasteiger partial charge in [0.05, 0.1) is 12.8 Å². The minimum absolute atomic E-state index is 0.195. The van der Waals surface area contributed by atoms with Crippen LogP contribution >= 0.6 is 23.1 Å². The Morgan fingerprint density at radius 3 is 2.85 bits per heavy atom. The summed E-state index contributed by atoms with van der Waals surface area (Å²) >= 11 is 2.71. The van der Waals surface area contributed by atoms with Gasteiger partial charge in [-0.05, 0) is 31.2 Å². The van der Waals surface area contributed by atoms with Crippen molar-refractivity contribution in [1.82, 2.24) is 24.8 Å². The van der Waals surface area contributed by atoms with Gasteiger partial charge in [-0.25, -0.2) is 4.98 Å². The first-order valence-corrected chi connectivity index (χ1v) is 9.40. The summed E-state index contributed by atoms with van der Waals surface area (Å²) in [6.07, 6.45) is 0. The molecule has 0 aliphatic rings. The number of aromatic nitrogens is 5. The molecule has 0 unspecified atom stereocenters. The molecule has 4 rings (SSSR count). The first kappa shape index (κ1) is 16.7. The van der Waals surface area contributed by atoms with Gasteiger partial charge < -0.3 is 9.15 Å². The van der Waals surface area contributed by atoms with Crippen LogP contribution in [0, 0.1) is 6.92 Å². The fraction of sp³-hybridized carbons (Fsp3) is 0.188. The number of aryl methyl sites for hydroxylation is 1. The molecule has 4 aromatic rings. The molecule has 3 aromatic heterocycles. The Morgan fingerprint density at radius 2 is 2.08 bits per heavy atom. The lowest BCUT2D eigenvalue weighted by atomic mass is 10.2. The van der Waals surface area contributed by atoms with E-state index < -0.39 is 0 Å². The summed E-state index contributed by atoms with van der Waals surface area (Å²) in [6, 6.07) is 8.83. The monoisotopic (exact) mass is 387 g/mol. The van der Waals surface area contributed by atoms with E-state index in [9.17, 15) is 4.79 Å². The van der Waals surface area contributed by atoms with E-state index in [0.717, 1.165) is 16.3 Å². The Bertz CT molecular complexity index is 1120. The highest BCUT2D eigenvalue weighted by atomic mass is 32.2. The molecule has 0 aliphatic carbocycles. The summed E-state index contributed by atoms with van der Waals surface area (Å²) in [4.78, 5) is 17.1. The molecule has 0 bridgehead atoms. The molecule has 0 aliphatic heterocycles. The zero-order valence-electron chi connectivity index (χ0n) is 13.9. The highest BCUT2D eigenvalue weighted by Gasteiger charge is 2.12. The summed E-state index contributed by atoms with van der Waals surface area (Å²) in [5.41, 5.74) is 1.26. The molecule has 0 fully saturated rings. The number of hydrogen-bond donors (Lipinski definition) is 0. The molecule has 0 saturated heterocycles. The lowest BCUT2D eigenvalue weighted by Gasteiger charge is -1.99. The van der Waals surface area contributed by atoms with Gasteiger partial charge in [-0.15, -0.1) is 10.2 Å². The third-order valence-corrected chi connectivity index (χ3v) is 5.16. The summed E-state index contributed by atoms with van der Waals surface area (Å²) in [6.45, 7) is 1.84. The predicted molar refractivity (Wildman–Crippen MR) is 97.7 cm³/mol. The smallest absolute Gasteiger partial charge is 0.277 e. The van der Waals surface area contributed by atoms with Gasteiger partial charge in [0, 0.05) is 17.4 Å². The maximum absolute atomic E-state index is 12.1. The van der Waals surface area contributed by atoms with Crippen molar-refractivity contribution in [3.8, 4) is 17.2 Å². The average molecular weight is 387 g/mol. The van der Waals surface area contributed by atoms with Crippen molar-refractivity contribution < 1.29 is 9.15 Å². The number of fused-ring (bicyclic) bond motifs is 1. The highest BCUT2D eigenvalue weighted by Crippen LogP contribution is 2.26. The van der Waals surface area contributed by atoms with E-state index in [2.05, 4.69) is 20.3 Å². The molecular weight excluding hydrogens is 374 g/mol. The van der Waals surface area contributed by atoms with E-state index in [1.165, 1.54) is 33.7 Å². The van der Waals surface area contributed by atoms with Crippen LogP contribution in [-0.4, -0.2) is 31.9 Å². The number of thioether (sulfide) groups is 1. The first-order chi connectivity index (χ1) is 12.6. The Hall–Kier alpha value is -2.72. The fourth-order valence-corrected chi connectivity index (χ4v) is 3.70. The van der Waals surface area contributed by atoms with Crippen molar-refractivity contribution in [1.29, 1.82) is 0 Å². The summed E-state index contributed by atoms with van der Waals surface area (Å²) in [5.74, 6) is 1.64. The van der Waals surface area contributed by atoms with E-state index in [1.54, 1.807) is 7.11 Å². The Kier molecular flexibility index (Phi) is 4.43. The molecule has 0 saturated carbocycles. The lowest BCUT2D eigenvalue weighted by molar-refractivity contribution is 0.414. The number of benzene rings is 1. The van der Waals surface area contributed by atoms with Crippen molar-refractivity contribution >= 4 is 28.1 Å². The second kappa shape index (κ2) is 6.89. The molecule has 3 heterocycles. The normalized spacial score (nSPS) is 11.2. The van der Waals surface area contributed by atoms with E-state index >= 15 is 0 Å². The largest absolute Gasteiger partial charge is 0.497 e. The minimum Gasteiger partial charge on any atom is -0.497 e. The van der Waals surface area contributed by atoms with Gasteiger partial charge in [0.25, 0.3) is 10.8 Å². The number of nitrogens with zero attached hydrogens (tertiary/aromatic N) is 5. The van der Waals surface area contributed by atoms with Gasteiger partial charge >= 0.3 is 0 Å². The molecule has 132 valence electrons. The van der Waals surface area contributed by atoms with E-state index in [0.29, 0.717) is 27.5 Å². The third kappa shape index (κ3) is 3.33. The Balaban J connectivity index is 1.50. The third-order valence-electron chi connectivity index (χ3n) is 3.49. The van der Waals surface area contributed by atoms with Gasteiger partial charge in [0.2, 0.25) is 10.9 Å². The number of ether oxygens (including phenoxy) is 1. The van der Waals surface area contributed by atoms with Crippen LogP contribution in [0.1, 0.15) is 10.7 Å². The standard InChI is InChI=1S/C16H13N5O3S2/c1-9-20-21-13(22)7-11(17-15(21)26-9)8-25-16-19-18-14(24-16)10-3-5-12(23-2)6-4-10/h3-7H,8H2,1-2H3. The van der Waals surface area contributed by atoms with Crippen LogP contribution in [0.25, 0.3) is 16.4 Å². The topological polar surface area (TPSA) is 95.4 Å². The van der Waals surface area contributed by atoms with E-state index in [-0.39, 0.29) is 5.56 Å².